The van der Waals surface area contributed by atoms with Crippen LogP contribution < -0.4 is 9.47 Å². The van der Waals surface area contributed by atoms with Gasteiger partial charge < -0.3 is 9.47 Å². The Bertz CT molecular complexity index is 664. The van der Waals surface area contributed by atoms with E-state index in [0.717, 1.165) is 18.6 Å². The molecule has 0 aromatic heterocycles. The standard InChI is InChI=1S/C20H20O3/c1-3-5-15-23-19-12-8-17(9-13-19)20(21)16-6-10-18(11-7-16)22-14-4-2/h2,6-13H,3,5,14-15H2,1H3. The summed E-state index contributed by atoms with van der Waals surface area (Å²) in [5, 5.41) is 0. The smallest absolute Gasteiger partial charge is 0.193 e. The number of unbranched alkanes of at least 4 members (excludes halogenated alkanes) is 1. The number of rotatable bonds is 8. The van der Waals surface area contributed by atoms with E-state index in [4.69, 9.17) is 15.9 Å². The summed E-state index contributed by atoms with van der Waals surface area (Å²) in [7, 11) is 0. The summed E-state index contributed by atoms with van der Waals surface area (Å²) in [6.45, 7) is 3.03. The number of terminal acetylenes is 1. The highest BCUT2D eigenvalue weighted by atomic mass is 16.5. The fourth-order valence-corrected chi connectivity index (χ4v) is 2.03. The molecule has 0 saturated carbocycles. The van der Waals surface area contributed by atoms with E-state index in [1.807, 2.05) is 12.1 Å². The molecule has 0 spiro atoms. The molecule has 0 heterocycles. The molecule has 0 amide bonds. The van der Waals surface area contributed by atoms with Gasteiger partial charge in [-0.1, -0.05) is 19.3 Å². The minimum Gasteiger partial charge on any atom is -0.494 e. The molecule has 23 heavy (non-hydrogen) atoms. The summed E-state index contributed by atoms with van der Waals surface area (Å²) in [6.07, 6.45) is 7.26. The molecule has 0 saturated heterocycles. The van der Waals surface area contributed by atoms with Gasteiger partial charge in [0.25, 0.3) is 0 Å². The second-order valence-corrected chi connectivity index (χ2v) is 5.07. The summed E-state index contributed by atoms with van der Waals surface area (Å²) in [5.74, 6) is 3.81. The molecule has 0 atom stereocenters. The zero-order valence-electron chi connectivity index (χ0n) is 13.2. The molecule has 0 N–H and O–H groups in total. The van der Waals surface area contributed by atoms with Crippen LogP contribution in [0.15, 0.2) is 48.5 Å². The lowest BCUT2D eigenvalue weighted by atomic mass is 10.0. The van der Waals surface area contributed by atoms with Crippen LogP contribution in [0.3, 0.4) is 0 Å². The summed E-state index contributed by atoms with van der Waals surface area (Å²) >= 11 is 0. The van der Waals surface area contributed by atoms with E-state index >= 15 is 0 Å². The second kappa shape index (κ2) is 8.65. The van der Waals surface area contributed by atoms with Crippen molar-refractivity contribution in [3.63, 3.8) is 0 Å². The first-order valence-electron chi connectivity index (χ1n) is 7.68. The quantitative estimate of drug-likeness (QED) is 0.418. The maximum atomic E-state index is 12.4. The van der Waals surface area contributed by atoms with Gasteiger partial charge in [0.15, 0.2) is 5.78 Å². The van der Waals surface area contributed by atoms with E-state index in [0.29, 0.717) is 23.5 Å². The topological polar surface area (TPSA) is 35.5 Å². The third-order valence-corrected chi connectivity index (χ3v) is 3.32. The van der Waals surface area contributed by atoms with Crippen LogP contribution in [-0.4, -0.2) is 19.0 Å². The van der Waals surface area contributed by atoms with Gasteiger partial charge in [0.2, 0.25) is 0 Å². The Kier molecular flexibility index (Phi) is 6.26. The van der Waals surface area contributed by atoms with E-state index < -0.39 is 0 Å². The Labute approximate surface area is 137 Å². The van der Waals surface area contributed by atoms with Gasteiger partial charge in [0.1, 0.15) is 18.1 Å². The van der Waals surface area contributed by atoms with Crippen molar-refractivity contribution in [1.29, 1.82) is 0 Å². The molecule has 3 heteroatoms. The number of hydrogen-bond acceptors (Lipinski definition) is 3. The monoisotopic (exact) mass is 308 g/mol. The number of carbonyl (C=O) groups excluding carboxylic acids is 1. The molecular formula is C20H20O3. The number of hydrogen-bond donors (Lipinski definition) is 0. The summed E-state index contributed by atoms with van der Waals surface area (Å²) in [6, 6.07) is 14.2. The highest BCUT2D eigenvalue weighted by molar-refractivity contribution is 6.09. The average molecular weight is 308 g/mol. The van der Waals surface area contributed by atoms with Crippen molar-refractivity contribution in [2.75, 3.05) is 13.2 Å². The van der Waals surface area contributed by atoms with Crippen molar-refractivity contribution in [2.24, 2.45) is 0 Å². The van der Waals surface area contributed by atoms with Crippen LogP contribution in [0.4, 0.5) is 0 Å². The number of carbonyl (C=O) groups is 1. The number of ketones is 1. The van der Waals surface area contributed by atoms with E-state index in [1.165, 1.54) is 0 Å². The minimum atomic E-state index is -0.0337. The minimum absolute atomic E-state index is 0.0337. The van der Waals surface area contributed by atoms with Gasteiger partial charge in [-0.2, -0.15) is 0 Å². The van der Waals surface area contributed by atoms with E-state index in [9.17, 15) is 4.79 Å². The van der Waals surface area contributed by atoms with Crippen LogP contribution in [0.1, 0.15) is 35.7 Å². The van der Waals surface area contributed by atoms with Crippen molar-refractivity contribution >= 4 is 5.78 Å². The molecule has 0 aliphatic carbocycles. The predicted octanol–water partition coefficient (Wildman–Crippen LogP) is 4.11. The van der Waals surface area contributed by atoms with Gasteiger partial charge in [0, 0.05) is 11.1 Å². The normalized spacial score (nSPS) is 9.91. The lowest BCUT2D eigenvalue weighted by Gasteiger charge is -2.07. The van der Waals surface area contributed by atoms with Crippen molar-refractivity contribution < 1.29 is 14.3 Å². The maximum Gasteiger partial charge on any atom is 0.193 e. The van der Waals surface area contributed by atoms with Gasteiger partial charge >= 0.3 is 0 Å². The summed E-state index contributed by atoms with van der Waals surface area (Å²) in [4.78, 5) is 12.4. The van der Waals surface area contributed by atoms with Crippen molar-refractivity contribution in [3.05, 3.63) is 59.7 Å². The molecule has 2 aromatic carbocycles. The van der Waals surface area contributed by atoms with Gasteiger partial charge in [-0.05, 0) is 55.0 Å². The van der Waals surface area contributed by atoms with Crippen LogP contribution in [0.5, 0.6) is 11.5 Å². The van der Waals surface area contributed by atoms with Crippen LogP contribution in [0, 0.1) is 12.3 Å². The first-order chi connectivity index (χ1) is 11.2. The van der Waals surface area contributed by atoms with Gasteiger partial charge in [-0.15, -0.1) is 6.42 Å². The summed E-state index contributed by atoms with van der Waals surface area (Å²) < 4.78 is 10.9. The third-order valence-electron chi connectivity index (χ3n) is 3.32. The zero-order chi connectivity index (χ0) is 16.5. The highest BCUT2D eigenvalue weighted by Crippen LogP contribution is 2.18. The lowest BCUT2D eigenvalue weighted by molar-refractivity contribution is 0.103. The Hall–Kier alpha value is -2.73. The third kappa shape index (κ3) is 4.89. The molecule has 0 bridgehead atoms. The average Bonchev–Trinajstić information content (AvgIpc) is 2.61. The molecule has 3 nitrogen and oxygen atoms in total. The Morgan fingerprint density at radius 2 is 1.48 bits per heavy atom. The van der Waals surface area contributed by atoms with Gasteiger partial charge in [0.05, 0.1) is 6.61 Å². The molecule has 0 radical (unpaired) electrons. The fourth-order valence-electron chi connectivity index (χ4n) is 2.03. The van der Waals surface area contributed by atoms with Crippen LogP contribution in [0.25, 0.3) is 0 Å². The SMILES string of the molecule is C#CCOc1ccc(C(=O)c2ccc(OCCCC)cc2)cc1. The van der Waals surface area contributed by atoms with Crippen molar-refractivity contribution in [3.8, 4) is 23.8 Å². The van der Waals surface area contributed by atoms with E-state index in [2.05, 4.69) is 12.8 Å². The molecule has 2 aromatic rings. The van der Waals surface area contributed by atoms with Gasteiger partial charge in [-0.3, -0.25) is 4.79 Å². The fraction of sp³-hybridized carbons (Fsp3) is 0.250. The highest BCUT2D eigenvalue weighted by Gasteiger charge is 2.09. The van der Waals surface area contributed by atoms with Gasteiger partial charge in [-0.25, -0.2) is 0 Å². The van der Waals surface area contributed by atoms with Crippen LogP contribution in [-0.2, 0) is 0 Å². The molecule has 0 aliphatic rings. The predicted molar refractivity (Wildman–Crippen MR) is 91.0 cm³/mol. The summed E-state index contributed by atoms with van der Waals surface area (Å²) in [5.41, 5.74) is 1.24. The van der Waals surface area contributed by atoms with E-state index in [-0.39, 0.29) is 12.4 Å². The Morgan fingerprint density at radius 1 is 0.957 bits per heavy atom. The first-order valence-corrected chi connectivity index (χ1v) is 7.68. The van der Waals surface area contributed by atoms with E-state index in [1.54, 1.807) is 36.4 Å². The molecule has 2 rings (SSSR count). The molecule has 0 fully saturated rings. The first kappa shape index (κ1) is 16.6. The lowest BCUT2D eigenvalue weighted by Crippen LogP contribution is -2.02. The zero-order valence-corrected chi connectivity index (χ0v) is 13.2. The van der Waals surface area contributed by atoms with Crippen LogP contribution >= 0.6 is 0 Å². The molecular weight excluding hydrogens is 288 g/mol. The Balaban J connectivity index is 2.01. The molecule has 118 valence electrons. The Morgan fingerprint density at radius 3 is 1.96 bits per heavy atom. The molecule has 0 unspecified atom stereocenters. The second-order valence-electron chi connectivity index (χ2n) is 5.07. The maximum absolute atomic E-state index is 12.4. The van der Waals surface area contributed by atoms with Crippen molar-refractivity contribution in [1.82, 2.24) is 0 Å². The number of benzene rings is 2. The molecule has 0 aliphatic heterocycles. The largest absolute Gasteiger partial charge is 0.494 e. The number of ether oxygens (including phenoxy) is 2. The van der Waals surface area contributed by atoms with Crippen molar-refractivity contribution in [2.45, 2.75) is 19.8 Å². The van der Waals surface area contributed by atoms with Crippen LogP contribution in [0.2, 0.25) is 0 Å².